The number of amides is 1. The number of carbonyl (C=O) groups is 1. The number of hydrogen-bond donors (Lipinski definition) is 2. The summed E-state index contributed by atoms with van der Waals surface area (Å²) in [5.74, 6) is -0.504. The van der Waals surface area contributed by atoms with Crippen LogP contribution >= 0.6 is 15.9 Å². The van der Waals surface area contributed by atoms with Crippen LogP contribution in [0.2, 0.25) is 0 Å². The van der Waals surface area contributed by atoms with Crippen LogP contribution in [0.4, 0.5) is 0 Å². The van der Waals surface area contributed by atoms with E-state index in [9.17, 15) is 4.79 Å². The van der Waals surface area contributed by atoms with Gasteiger partial charge in [-0.2, -0.15) is 5.10 Å². The molecule has 1 amide bonds. The molecule has 0 spiro atoms. The van der Waals surface area contributed by atoms with Crippen molar-refractivity contribution in [3.05, 3.63) is 16.4 Å². The summed E-state index contributed by atoms with van der Waals surface area (Å²) in [5, 5.41) is 4.05. The summed E-state index contributed by atoms with van der Waals surface area (Å²) in [6.07, 6.45) is 2.20. The molecule has 0 fully saturated rings. The van der Waals surface area contributed by atoms with E-state index in [1.165, 1.54) is 0 Å². The highest BCUT2D eigenvalue weighted by Gasteiger charge is 2.13. The van der Waals surface area contributed by atoms with Gasteiger partial charge in [0.25, 0.3) is 0 Å². The number of primary amides is 1. The lowest BCUT2D eigenvalue weighted by atomic mass is 10.1. The molecule has 0 aliphatic heterocycles. The monoisotopic (exact) mass is 246 g/mol. The van der Waals surface area contributed by atoms with Crippen LogP contribution in [0.5, 0.6) is 0 Å². The molecule has 0 radical (unpaired) electrons. The molecule has 0 bridgehead atoms. The molecule has 4 N–H and O–H groups in total. The molecular formula is C7H11BrN4O. The molecule has 5 nitrogen and oxygen atoms in total. The second kappa shape index (κ2) is 3.89. The fourth-order valence-corrected chi connectivity index (χ4v) is 1.50. The molecule has 1 heterocycles. The fourth-order valence-electron chi connectivity index (χ4n) is 0.985. The zero-order chi connectivity index (χ0) is 10.0. The van der Waals surface area contributed by atoms with E-state index in [1.807, 2.05) is 0 Å². The Hall–Kier alpha value is -0.880. The molecule has 0 aliphatic carbocycles. The number of aryl methyl sites for hydroxylation is 1. The standard InChI is InChI=1S/C7H11BrN4O/c1-12-3-4(6(8)11-12)2-5(9)7(10)13/h3,5H,2,9H2,1H3,(H2,10,13). The predicted octanol–water partition coefficient (Wildman–Crippen LogP) is -0.462. The summed E-state index contributed by atoms with van der Waals surface area (Å²) < 4.78 is 2.35. The average Bonchev–Trinajstić information content (AvgIpc) is 2.30. The maximum Gasteiger partial charge on any atom is 0.234 e. The van der Waals surface area contributed by atoms with E-state index in [0.29, 0.717) is 11.0 Å². The van der Waals surface area contributed by atoms with Gasteiger partial charge in [0.05, 0.1) is 6.04 Å². The van der Waals surface area contributed by atoms with Crippen molar-refractivity contribution < 1.29 is 4.79 Å². The highest BCUT2D eigenvalue weighted by molar-refractivity contribution is 9.10. The first-order chi connectivity index (χ1) is 6.00. The zero-order valence-corrected chi connectivity index (χ0v) is 8.78. The maximum absolute atomic E-state index is 10.7. The third-order valence-corrected chi connectivity index (χ3v) is 2.33. The van der Waals surface area contributed by atoms with Crippen molar-refractivity contribution in [2.24, 2.45) is 18.5 Å². The van der Waals surface area contributed by atoms with E-state index >= 15 is 0 Å². The van der Waals surface area contributed by atoms with Crippen LogP contribution in [-0.2, 0) is 18.3 Å². The van der Waals surface area contributed by atoms with Crippen molar-refractivity contribution in [2.75, 3.05) is 0 Å². The number of carbonyl (C=O) groups excluding carboxylic acids is 1. The lowest BCUT2D eigenvalue weighted by Crippen LogP contribution is -2.38. The molecule has 1 atom stereocenters. The molecule has 1 rings (SSSR count). The van der Waals surface area contributed by atoms with Gasteiger partial charge in [0.2, 0.25) is 5.91 Å². The van der Waals surface area contributed by atoms with Gasteiger partial charge in [-0.3, -0.25) is 9.48 Å². The van der Waals surface area contributed by atoms with Crippen molar-refractivity contribution in [3.63, 3.8) is 0 Å². The first-order valence-corrected chi connectivity index (χ1v) is 4.53. The Kier molecular flexibility index (Phi) is 3.05. The van der Waals surface area contributed by atoms with Gasteiger partial charge in [-0.15, -0.1) is 0 Å². The minimum atomic E-state index is -0.652. The Labute approximate surface area is 84.2 Å². The van der Waals surface area contributed by atoms with Crippen molar-refractivity contribution in [2.45, 2.75) is 12.5 Å². The SMILES string of the molecule is Cn1cc(CC(N)C(N)=O)c(Br)n1. The van der Waals surface area contributed by atoms with Gasteiger partial charge < -0.3 is 11.5 Å². The second-order valence-corrected chi connectivity index (χ2v) is 3.58. The van der Waals surface area contributed by atoms with E-state index < -0.39 is 11.9 Å². The number of aromatic nitrogens is 2. The molecule has 6 heteroatoms. The van der Waals surface area contributed by atoms with E-state index in [2.05, 4.69) is 21.0 Å². The Morgan fingerprint density at radius 2 is 2.46 bits per heavy atom. The molecule has 0 aromatic carbocycles. The van der Waals surface area contributed by atoms with Gasteiger partial charge in [-0.05, 0) is 15.9 Å². The lowest BCUT2D eigenvalue weighted by molar-refractivity contribution is -0.119. The number of nitrogens with zero attached hydrogens (tertiary/aromatic N) is 2. The highest BCUT2D eigenvalue weighted by Crippen LogP contribution is 2.14. The highest BCUT2D eigenvalue weighted by atomic mass is 79.9. The largest absolute Gasteiger partial charge is 0.368 e. The second-order valence-electron chi connectivity index (χ2n) is 2.83. The zero-order valence-electron chi connectivity index (χ0n) is 7.20. The Balaban J connectivity index is 2.74. The first-order valence-electron chi connectivity index (χ1n) is 3.73. The molecule has 13 heavy (non-hydrogen) atoms. The summed E-state index contributed by atoms with van der Waals surface area (Å²) in [5.41, 5.74) is 11.4. The predicted molar refractivity (Wildman–Crippen MR) is 51.8 cm³/mol. The molecule has 0 saturated carbocycles. The maximum atomic E-state index is 10.7. The molecular weight excluding hydrogens is 236 g/mol. The summed E-state index contributed by atoms with van der Waals surface area (Å²) >= 11 is 3.26. The minimum absolute atomic E-state index is 0.407. The van der Waals surface area contributed by atoms with E-state index in [0.717, 1.165) is 5.56 Å². The summed E-state index contributed by atoms with van der Waals surface area (Å²) in [6, 6.07) is -0.652. The van der Waals surface area contributed by atoms with Gasteiger partial charge >= 0.3 is 0 Å². The molecule has 1 aromatic heterocycles. The van der Waals surface area contributed by atoms with Gasteiger partial charge in [-0.25, -0.2) is 0 Å². The van der Waals surface area contributed by atoms with Crippen LogP contribution < -0.4 is 11.5 Å². The molecule has 1 aromatic rings. The van der Waals surface area contributed by atoms with Crippen molar-refractivity contribution >= 4 is 21.8 Å². The van der Waals surface area contributed by atoms with Crippen molar-refractivity contribution in [3.8, 4) is 0 Å². The molecule has 0 aliphatic rings. The Morgan fingerprint density at radius 1 is 1.85 bits per heavy atom. The third-order valence-electron chi connectivity index (χ3n) is 1.66. The topological polar surface area (TPSA) is 86.9 Å². The normalized spacial score (nSPS) is 12.8. The van der Waals surface area contributed by atoms with Crippen molar-refractivity contribution in [1.82, 2.24) is 9.78 Å². The summed E-state index contributed by atoms with van der Waals surface area (Å²) in [4.78, 5) is 10.7. The lowest BCUT2D eigenvalue weighted by Gasteiger charge is -2.04. The Bertz CT molecular complexity index is 322. The van der Waals surface area contributed by atoms with Crippen LogP contribution in [0.1, 0.15) is 5.56 Å². The van der Waals surface area contributed by atoms with E-state index in [-0.39, 0.29) is 0 Å². The molecule has 1 unspecified atom stereocenters. The van der Waals surface area contributed by atoms with Gasteiger partial charge in [-0.1, -0.05) is 0 Å². The van der Waals surface area contributed by atoms with E-state index in [1.54, 1.807) is 17.9 Å². The third kappa shape index (κ3) is 2.53. The fraction of sp³-hybridized carbons (Fsp3) is 0.429. The average molecular weight is 247 g/mol. The smallest absolute Gasteiger partial charge is 0.234 e. The molecule has 0 saturated heterocycles. The van der Waals surface area contributed by atoms with Crippen LogP contribution in [0.15, 0.2) is 10.8 Å². The number of halogens is 1. The summed E-state index contributed by atoms with van der Waals surface area (Å²) in [6.45, 7) is 0. The minimum Gasteiger partial charge on any atom is -0.368 e. The summed E-state index contributed by atoms with van der Waals surface area (Å²) in [7, 11) is 1.80. The number of nitrogens with two attached hydrogens (primary N) is 2. The Morgan fingerprint density at radius 3 is 2.85 bits per heavy atom. The number of rotatable bonds is 3. The molecule has 72 valence electrons. The quantitative estimate of drug-likeness (QED) is 0.757. The van der Waals surface area contributed by atoms with Crippen LogP contribution in [0, 0.1) is 0 Å². The van der Waals surface area contributed by atoms with Gasteiger partial charge in [0, 0.05) is 25.2 Å². The first kappa shape index (κ1) is 10.2. The van der Waals surface area contributed by atoms with Gasteiger partial charge in [0.1, 0.15) is 4.60 Å². The number of hydrogen-bond acceptors (Lipinski definition) is 3. The van der Waals surface area contributed by atoms with Gasteiger partial charge in [0.15, 0.2) is 0 Å². The van der Waals surface area contributed by atoms with Crippen LogP contribution in [-0.4, -0.2) is 21.7 Å². The van der Waals surface area contributed by atoms with Crippen LogP contribution in [0.3, 0.4) is 0 Å². The van der Waals surface area contributed by atoms with Crippen LogP contribution in [0.25, 0.3) is 0 Å². The van der Waals surface area contributed by atoms with Crippen molar-refractivity contribution in [1.29, 1.82) is 0 Å². The van der Waals surface area contributed by atoms with E-state index in [4.69, 9.17) is 11.5 Å².